The lowest BCUT2D eigenvalue weighted by molar-refractivity contribution is 0.167. The maximum absolute atomic E-state index is 4.79. The number of aliphatic imine (C=N–C) groups is 1. The van der Waals surface area contributed by atoms with Crippen molar-refractivity contribution in [3.8, 4) is 0 Å². The Balaban J connectivity index is 1.88. The summed E-state index contributed by atoms with van der Waals surface area (Å²) in [5.74, 6) is 0.938. The molecule has 0 aromatic heterocycles. The van der Waals surface area contributed by atoms with Gasteiger partial charge < -0.3 is 20.4 Å². The van der Waals surface area contributed by atoms with Crippen LogP contribution in [0.3, 0.4) is 0 Å². The second-order valence-electron chi connectivity index (χ2n) is 7.80. The fourth-order valence-corrected chi connectivity index (χ4v) is 3.36. The Bertz CT molecular complexity index is 542. The van der Waals surface area contributed by atoms with Crippen LogP contribution in [0.1, 0.15) is 44.7 Å². The summed E-state index contributed by atoms with van der Waals surface area (Å²) in [5.41, 5.74) is 2.59. The molecule has 1 heterocycles. The first-order valence-corrected chi connectivity index (χ1v) is 9.99. The lowest BCUT2D eigenvalue weighted by Crippen LogP contribution is -2.49. The van der Waals surface area contributed by atoms with Crippen molar-refractivity contribution in [1.82, 2.24) is 20.4 Å². The number of hydrogen-bond donors (Lipinski definition) is 2. The van der Waals surface area contributed by atoms with Gasteiger partial charge in [0.05, 0.1) is 6.54 Å². The van der Waals surface area contributed by atoms with Crippen LogP contribution in [0.25, 0.3) is 0 Å². The fourth-order valence-electron chi connectivity index (χ4n) is 3.36. The van der Waals surface area contributed by atoms with E-state index in [0.717, 1.165) is 19.0 Å². The van der Waals surface area contributed by atoms with Crippen LogP contribution in [0.15, 0.2) is 29.3 Å². The summed E-state index contributed by atoms with van der Waals surface area (Å²) in [6, 6.07) is 9.94. The van der Waals surface area contributed by atoms with E-state index in [1.54, 1.807) is 0 Å². The minimum absolute atomic E-state index is 0.519. The average molecular weight is 360 g/mol. The third kappa shape index (κ3) is 6.96. The highest BCUT2D eigenvalue weighted by Gasteiger charge is 2.21. The van der Waals surface area contributed by atoms with E-state index in [1.165, 1.54) is 37.1 Å². The Morgan fingerprint density at radius 2 is 1.77 bits per heavy atom. The number of benzene rings is 1. The van der Waals surface area contributed by atoms with Crippen LogP contribution in [0.2, 0.25) is 0 Å². The molecule has 1 aliphatic heterocycles. The molecule has 1 aromatic rings. The zero-order valence-corrected chi connectivity index (χ0v) is 17.3. The van der Waals surface area contributed by atoms with Crippen LogP contribution in [-0.2, 0) is 13.1 Å². The molecule has 5 heteroatoms. The number of hydrogen-bond acceptors (Lipinski definition) is 3. The van der Waals surface area contributed by atoms with Crippen molar-refractivity contribution in [2.24, 2.45) is 4.99 Å². The van der Waals surface area contributed by atoms with E-state index in [0.29, 0.717) is 18.6 Å². The Hall–Kier alpha value is -1.59. The minimum Gasteiger partial charge on any atom is -0.357 e. The summed E-state index contributed by atoms with van der Waals surface area (Å²) in [5, 5.41) is 7.02. The van der Waals surface area contributed by atoms with E-state index >= 15 is 0 Å². The molecule has 1 fully saturated rings. The topological polar surface area (TPSA) is 42.9 Å². The molecule has 0 bridgehead atoms. The van der Waals surface area contributed by atoms with Crippen LogP contribution in [0.4, 0.5) is 0 Å². The second-order valence-corrected chi connectivity index (χ2v) is 7.80. The lowest BCUT2D eigenvalue weighted by atomic mass is 10.0. The molecule has 5 nitrogen and oxygen atoms in total. The summed E-state index contributed by atoms with van der Waals surface area (Å²) < 4.78 is 0. The SMILES string of the molecule is CCNC(=NCc1ccc(CN(C)C)cc1)NC1CCN(C(C)C)CC1. The summed E-state index contributed by atoms with van der Waals surface area (Å²) in [7, 11) is 4.19. The summed E-state index contributed by atoms with van der Waals surface area (Å²) in [6.45, 7) is 11.6. The van der Waals surface area contributed by atoms with Gasteiger partial charge in [-0.1, -0.05) is 24.3 Å². The van der Waals surface area contributed by atoms with Crippen LogP contribution in [-0.4, -0.2) is 61.6 Å². The van der Waals surface area contributed by atoms with Crippen LogP contribution in [0.5, 0.6) is 0 Å². The highest BCUT2D eigenvalue weighted by atomic mass is 15.2. The maximum Gasteiger partial charge on any atom is 0.191 e. The Morgan fingerprint density at radius 1 is 1.15 bits per heavy atom. The van der Waals surface area contributed by atoms with Gasteiger partial charge in [0.15, 0.2) is 5.96 Å². The molecule has 2 N–H and O–H groups in total. The van der Waals surface area contributed by atoms with Gasteiger partial charge in [0.25, 0.3) is 0 Å². The average Bonchev–Trinajstić information content (AvgIpc) is 2.61. The third-order valence-corrected chi connectivity index (χ3v) is 4.89. The molecule has 0 aliphatic carbocycles. The zero-order valence-electron chi connectivity index (χ0n) is 17.3. The first kappa shape index (κ1) is 20.7. The van der Waals surface area contributed by atoms with Gasteiger partial charge in [-0.25, -0.2) is 4.99 Å². The Morgan fingerprint density at radius 3 is 2.31 bits per heavy atom. The fraction of sp³-hybridized carbons (Fsp3) is 0.667. The molecule has 0 unspecified atom stereocenters. The standard InChI is InChI=1S/C21H37N5/c1-6-22-21(24-20-11-13-26(14-12-20)17(2)3)23-15-18-7-9-19(10-8-18)16-25(4)5/h7-10,17,20H,6,11-16H2,1-5H3,(H2,22,23,24). The molecule has 1 aliphatic rings. The molecule has 0 radical (unpaired) electrons. The van der Waals surface area contributed by atoms with Crippen molar-refractivity contribution < 1.29 is 0 Å². The summed E-state index contributed by atoms with van der Waals surface area (Å²) in [6.07, 6.45) is 2.36. The van der Waals surface area contributed by atoms with Crippen molar-refractivity contribution >= 4 is 5.96 Å². The Kier molecular flexibility index (Phi) is 8.39. The molecule has 26 heavy (non-hydrogen) atoms. The van der Waals surface area contributed by atoms with Crippen molar-refractivity contribution in [3.05, 3.63) is 35.4 Å². The summed E-state index contributed by atoms with van der Waals surface area (Å²) in [4.78, 5) is 9.53. The first-order chi connectivity index (χ1) is 12.5. The van der Waals surface area contributed by atoms with E-state index in [9.17, 15) is 0 Å². The van der Waals surface area contributed by atoms with E-state index < -0.39 is 0 Å². The second kappa shape index (κ2) is 10.5. The molecule has 0 spiro atoms. The maximum atomic E-state index is 4.79. The predicted octanol–water partition coefficient (Wildman–Crippen LogP) is 2.68. The van der Waals surface area contributed by atoms with Gasteiger partial charge in [0.2, 0.25) is 0 Å². The molecule has 1 saturated heterocycles. The molecular formula is C21H37N5. The van der Waals surface area contributed by atoms with Gasteiger partial charge in [-0.3, -0.25) is 0 Å². The van der Waals surface area contributed by atoms with Gasteiger partial charge in [-0.05, 0) is 58.8 Å². The third-order valence-electron chi connectivity index (χ3n) is 4.89. The molecule has 146 valence electrons. The smallest absolute Gasteiger partial charge is 0.191 e. The van der Waals surface area contributed by atoms with E-state index in [-0.39, 0.29) is 0 Å². The largest absolute Gasteiger partial charge is 0.357 e. The van der Waals surface area contributed by atoms with E-state index in [4.69, 9.17) is 4.99 Å². The first-order valence-electron chi connectivity index (χ1n) is 9.99. The molecule has 0 saturated carbocycles. The van der Waals surface area contributed by atoms with Crippen molar-refractivity contribution in [2.45, 2.75) is 58.8 Å². The van der Waals surface area contributed by atoms with E-state index in [1.807, 2.05) is 0 Å². The predicted molar refractivity (Wildman–Crippen MR) is 112 cm³/mol. The number of nitrogens with one attached hydrogen (secondary N) is 2. The van der Waals surface area contributed by atoms with Crippen molar-refractivity contribution in [1.29, 1.82) is 0 Å². The number of rotatable bonds is 7. The molecule has 1 aromatic carbocycles. The van der Waals surface area contributed by atoms with Gasteiger partial charge >= 0.3 is 0 Å². The quantitative estimate of drug-likeness (QED) is 0.580. The van der Waals surface area contributed by atoms with Gasteiger partial charge in [0, 0.05) is 38.3 Å². The lowest BCUT2D eigenvalue weighted by Gasteiger charge is -2.35. The normalized spacial score (nSPS) is 17.1. The highest BCUT2D eigenvalue weighted by molar-refractivity contribution is 5.80. The van der Waals surface area contributed by atoms with E-state index in [2.05, 4.69) is 79.6 Å². The number of guanidine groups is 1. The van der Waals surface area contributed by atoms with Crippen LogP contribution in [0, 0.1) is 0 Å². The molecular weight excluding hydrogens is 322 g/mol. The van der Waals surface area contributed by atoms with Gasteiger partial charge in [0.1, 0.15) is 0 Å². The number of piperidine rings is 1. The molecule has 0 amide bonds. The highest BCUT2D eigenvalue weighted by Crippen LogP contribution is 2.13. The minimum atomic E-state index is 0.519. The van der Waals surface area contributed by atoms with Crippen molar-refractivity contribution in [3.63, 3.8) is 0 Å². The van der Waals surface area contributed by atoms with Crippen LogP contribution < -0.4 is 10.6 Å². The summed E-state index contributed by atoms with van der Waals surface area (Å²) >= 11 is 0. The van der Waals surface area contributed by atoms with Gasteiger partial charge in [-0.2, -0.15) is 0 Å². The van der Waals surface area contributed by atoms with Crippen molar-refractivity contribution in [2.75, 3.05) is 33.7 Å². The van der Waals surface area contributed by atoms with Gasteiger partial charge in [-0.15, -0.1) is 0 Å². The van der Waals surface area contributed by atoms with Crippen LogP contribution >= 0.6 is 0 Å². The zero-order chi connectivity index (χ0) is 18.9. The monoisotopic (exact) mass is 359 g/mol. The Labute approximate surface area is 159 Å². The number of likely N-dealkylation sites (tertiary alicyclic amines) is 1. The molecule has 2 rings (SSSR count). The molecule has 0 atom stereocenters. The number of nitrogens with zero attached hydrogens (tertiary/aromatic N) is 3.